The highest BCUT2D eigenvalue weighted by Crippen LogP contribution is 2.25. The van der Waals surface area contributed by atoms with Crippen LogP contribution in [-0.2, 0) is 6.54 Å². The van der Waals surface area contributed by atoms with E-state index in [4.69, 9.17) is 4.74 Å². The molecule has 4 rings (SSSR count). The van der Waals surface area contributed by atoms with Gasteiger partial charge in [0, 0.05) is 23.2 Å². The number of benzene rings is 1. The van der Waals surface area contributed by atoms with E-state index in [-0.39, 0.29) is 17.8 Å². The van der Waals surface area contributed by atoms with Crippen LogP contribution >= 0.6 is 0 Å². The number of carbonyl (C=O) groups excluding carboxylic acids is 2. The number of nitrogens with zero attached hydrogens (tertiary/aromatic N) is 3. The molecule has 3 heterocycles. The Morgan fingerprint density at radius 2 is 2.03 bits per heavy atom. The zero-order valence-electron chi connectivity index (χ0n) is 15.5. The van der Waals surface area contributed by atoms with Crippen molar-refractivity contribution in [2.45, 2.75) is 6.54 Å². The fraction of sp³-hybridized carbons (Fsp3) is 0.0952. The average Bonchev–Trinajstić information content (AvgIpc) is 2.76. The molecule has 8 heteroatoms. The molecule has 0 unspecified atom stereocenters. The van der Waals surface area contributed by atoms with Crippen LogP contribution in [0.3, 0.4) is 0 Å². The van der Waals surface area contributed by atoms with Gasteiger partial charge in [-0.3, -0.25) is 18.8 Å². The average molecular weight is 388 g/mol. The van der Waals surface area contributed by atoms with Crippen molar-refractivity contribution in [1.82, 2.24) is 19.7 Å². The summed E-state index contributed by atoms with van der Waals surface area (Å²) in [7, 11) is 1.50. The summed E-state index contributed by atoms with van der Waals surface area (Å²) in [6, 6.07) is 13.2. The first kappa shape index (κ1) is 18.3. The second kappa shape index (κ2) is 7.51. The molecule has 144 valence electrons. The number of carbonyl (C=O) groups is 2. The zero-order valence-corrected chi connectivity index (χ0v) is 15.5. The third-order valence-electron chi connectivity index (χ3n) is 4.44. The van der Waals surface area contributed by atoms with Crippen LogP contribution in [0.25, 0.3) is 16.4 Å². The van der Waals surface area contributed by atoms with Crippen molar-refractivity contribution in [3.8, 4) is 5.88 Å². The number of hydrogen-bond acceptors (Lipinski definition) is 6. The Kier molecular flexibility index (Phi) is 4.74. The van der Waals surface area contributed by atoms with Gasteiger partial charge in [-0.15, -0.1) is 0 Å². The Labute approximate surface area is 164 Å². The molecule has 0 aliphatic heterocycles. The van der Waals surface area contributed by atoms with Crippen LogP contribution in [0.1, 0.15) is 26.5 Å². The number of ether oxygens (including phenoxy) is 1. The smallest absolute Gasteiger partial charge is 0.270 e. The van der Waals surface area contributed by atoms with E-state index in [1.54, 1.807) is 48.7 Å². The lowest BCUT2D eigenvalue weighted by Gasteiger charge is -2.10. The molecule has 0 saturated carbocycles. The summed E-state index contributed by atoms with van der Waals surface area (Å²) < 4.78 is 6.69. The first-order valence-electron chi connectivity index (χ1n) is 8.78. The predicted molar refractivity (Wildman–Crippen MR) is 106 cm³/mol. The normalized spacial score (nSPS) is 10.8. The molecule has 1 amide bonds. The second-order valence-corrected chi connectivity index (χ2v) is 6.31. The number of fused-ring (bicyclic) bond motifs is 2. The number of nitrogens with one attached hydrogen (secondary N) is 1. The van der Waals surface area contributed by atoms with Crippen LogP contribution in [-0.4, -0.2) is 33.7 Å². The van der Waals surface area contributed by atoms with Crippen LogP contribution < -0.4 is 15.6 Å². The van der Waals surface area contributed by atoms with E-state index >= 15 is 0 Å². The highest BCUT2D eigenvalue weighted by molar-refractivity contribution is 5.93. The fourth-order valence-electron chi connectivity index (χ4n) is 3.05. The van der Waals surface area contributed by atoms with Gasteiger partial charge < -0.3 is 10.1 Å². The number of amides is 1. The molecule has 0 fully saturated rings. The van der Waals surface area contributed by atoms with Crippen LogP contribution in [0.5, 0.6) is 5.88 Å². The SMILES string of the molecule is COc1nc(CNC(=O)c2cc(=O)n3ccccc3n2)cc2cc(C=O)ccc12. The number of methoxy groups -OCH3 is 1. The van der Waals surface area contributed by atoms with Gasteiger partial charge in [-0.2, -0.15) is 0 Å². The Hall–Kier alpha value is -4.07. The molecule has 0 saturated heterocycles. The number of hydrogen-bond donors (Lipinski definition) is 1. The van der Waals surface area contributed by atoms with Gasteiger partial charge in [0.2, 0.25) is 5.88 Å². The molecule has 1 N–H and O–H groups in total. The highest BCUT2D eigenvalue weighted by atomic mass is 16.5. The lowest BCUT2D eigenvalue weighted by atomic mass is 10.1. The van der Waals surface area contributed by atoms with Crippen LogP contribution in [0.4, 0.5) is 0 Å². The third-order valence-corrected chi connectivity index (χ3v) is 4.44. The van der Waals surface area contributed by atoms with Gasteiger partial charge in [-0.25, -0.2) is 9.97 Å². The van der Waals surface area contributed by atoms with Crippen LogP contribution in [0.15, 0.2) is 59.5 Å². The van der Waals surface area contributed by atoms with Gasteiger partial charge in [-0.05, 0) is 35.7 Å². The number of pyridine rings is 2. The minimum absolute atomic E-state index is 0.0252. The van der Waals surface area contributed by atoms with E-state index in [0.29, 0.717) is 22.8 Å². The molecule has 3 aromatic heterocycles. The summed E-state index contributed by atoms with van der Waals surface area (Å²) in [4.78, 5) is 44.3. The lowest BCUT2D eigenvalue weighted by molar-refractivity contribution is 0.0945. The first-order chi connectivity index (χ1) is 14.1. The van der Waals surface area contributed by atoms with Crippen molar-refractivity contribution in [2.24, 2.45) is 0 Å². The number of aldehydes is 1. The van der Waals surface area contributed by atoms with Gasteiger partial charge >= 0.3 is 0 Å². The largest absolute Gasteiger partial charge is 0.481 e. The molecule has 0 radical (unpaired) electrons. The summed E-state index contributed by atoms with van der Waals surface area (Å²) in [6.07, 6.45) is 2.35. The highest BCUT2D eigenvalue weighted by Gasteiger charge is 2.12. The third kappa shape index (κ3) is 3.55. The first-order valence-corrected chi connectivity index (χ1v) is 8.78. The van der Waals surface area contributed by atoms with Crippen LogP contribution in [0, 0.1) is 0 Å². The maximum atomic E-state index is 12.5. The molecule has 0 aliphatic rings. The Morgan fingerprint density at radius 1 is 1.17 bits per heavy atom. The Bertz CT molecular complexity index is 1310. The summed E-state index contributed by atoms with van der Waals surface area (Å²) in [5, 5.41) is 4.25. The van der Waals surface area contributed by atoms with Crippen molar-refractivity contribution in [1.29, 1.82) is 0 Å². The molecule has 0 aliphatic carbocycles. The molecule has 4 aromatic rings. The van der Waals surface area contributed by atoms with E-state index in [9.17, 15) is 14.4 Å². The van der Waals surface area contributed by atoms with Gasteiger partial charge in [0.05, 0.1) is 19.3 Å². The minimum atomic E-state index is -0.490. The molecule has 29 heavy (non-hydrogen) atoms. The van der Waals surface area contributed by atoms with Gasteiger partial charge in [0.15, 0.2) is 0 Å². The Morgan fingerprint density at radius 3 is 2.83 bits per heavy atom. The minimum Gasteiger partial charge on any atom is -0.481 e. The number of rotatable bonds is 5. The van der Waals surface area contributed by atoms with E-state index in [0.717, 1.165) is 17.1 Å². The zero-order chi connectivity index (χ0) is 20.4. The second-order valence-electron chi connectivity index (χ2n) is 6.31. The van der Waals surface area contributed by atoms with Crippen molar-refractivity contribution in [3.63, 3.8) is 0 Å². The fourth-order valence-corrected chi connectivity index (χ4v) is 3.05. The van der Waals surface area contributed by atoms with Crippen molar-refractivity contribution in [3.05, 3.63) is 82.0 Å². The van der Waals surface area contributed by atoms with Gasteiger partial charge in [-0.1, -0.05) is 12.1 Å². The predicted octanol–water partition coefficient (Wildman–Crippen LogP) is 1.99. The van der Waals surface area contributed by atoms with Crippen molar-refractivity contribution < 1.29 is 14.3 Å². The molecule has 0 spiro atoms. The molecular weight excluding hydrogens is 372 g/mol. The van der Waals surface area contributed by atoms with Crippen molar-refractivity contribution >= 4 is 28.6 Å². The van der Waals surface area contributed by atoms with E-state index in [1.807, 2.05) is 0 Å². The molecule has 0 bridgehead atoms. The van der Waals surface area contributed by atoms with Gasteiger partial charge in [0.1, 0.15) is 17.6 Å². The van der Waals surface area contributed by atoms with E-state index in [2.05, 4.69) is 15.3 Å². The summed E-state index contributed by atoms with van der Waals surface area (Å²) in [6.45, 7) is 0.103. The van der Waals surface area contributed by atoms with Crippen LogP contribution in [0.2, 0.25) is 0 Å². The van der Waals surface area contributed by atoms with Crippen molar-refractivity contribution in [2.75, 3.05) is 7.11 Å². The summed E-state index contributed by atoms with van der Waals surface area (Å²) >= 11 is 0. The summed E-state index contributed by atoms with van der Waals surface area (Å²) in [5.41, 5.74) is 1.15. The molecule has 1 aromatic carbocycles. The molecule has 8 nitrogen and oxygen atoms in total. The van der Waals surface area contributed by atoms with E-state index in [1.165, 1.54) is 17.6 Å². The topological polar surface area (TPSA) is 103 Å². The molecular formula is C21H16N4O4. The number of aromatic nitrogens is 3. The maximum absolute atomic E-state index is 12.5. The Balaban J connectivity index is 1.61. The monoisotopic (exact) mass is 388 g/mol. The van der Waals surface area contributed by atoms with E-state index < -0.39 is 5.91 Å². The molecule has 0 atom stereocenters. The lowest BCUT2D eigenvalue weighted by Crippen LogP contribution is -2.27. The quantitative estimate of drug-likeness (QED) is 0.525. The standard InChI is InChI=1S/C21H16N4O4/c1-29-21-16-6-5-13(12-26)8-14(16)9-15(23-21)11-22-20(28)17-10-19(27)25-7-3-2-4-18(25)24-17/h2-10,12H,11H2,1H3,(H,22,28). The maximum Gasteiger partial charge on any atom is 0.270 e. The summed E-state index contributed by atoms with van der Waals surface area (Å²) in [5.74, 6) is -0.0952. The van der Waals surface area contributed by atoms with Gasteiger partial charge in [0.25, 0.3) is 11.5 Å².